The Morgan fingerprint density at radius 3 is 2.81 bits per heavy atom. The molecule has 1 aromatic carbocycles. The molecule has 2 N–H and O–H groups in total. The molecule has 1 heterocycles. The van der Waals surface area contributed by atoms with Gasteiger partial charge in [-0.2, -0.15) is 5.10 Å². The van der Waals surface area contributed by atoms with E-state index in [0.717, 1.165) is 34.4 Å². The first-order chi connectivity index (χ1) is 10.1. The van der Waals surface area contributed by atoms with Crippen molar-refractivity contribution in [2.45, 2.75) is 33.4 Å². The molecular formula is C15H19BrClN3O. The summed E-state index contributed by atoms with van der Waals surface area (Å²) < 4.78 is 8.75. The molecule has 0 saturated heterocycles. The van der Waals surface area contributed by atoms with E-state index in [9.17, 15) is 0 Å². The van der Waals surface area contributed by atoms with Crippen LogP contribution < -0.4 is 10.5 Å². The molecule has 6 heteroatoms. The lowest BCUT2D eigenvalue weighted by Gasteiger charge is -2.11. The highest BCUT2D eigenvalue weighted by molar-refractivity contribution is 9.10. The first-order valence-corrected chi connectivity index (χ1v) is 8.07. The number of nitrogens with two attached hydrogens (primary N) is 1. The Balaban J connectivity index is 2.13. The van der Waals surface area contributed by atoms with Crippen LogP contribution in [0.2, 0.25) is 5.02 Å². The van der Waals surface area contributed by atoms with E-state index in [2.05, 4.69) is 28.0 Å². The van der Waals surface area contributed by atoms with E-state index in [4.69, 9.17) is 22.1 Å². The summed E-state index contributed by atoms with van der Waals surface area (Å²) >= 11 is 9.81. The number of hydrogen-bond acceptors (Lipinski definition) is 3. The van der Waals surface area contributed by atoms with E-state index in [0.29, 0.717) is 23.9 Å². The number of aromatic nitrogens is 2. The van der Waals surface area contributed by atoms with Crippen LogP contribution in [0.15, 0.2) is 22.7 Å². The molecule has 1 aromatic heterocycles. The Morgan fingerprint density at radius 2 is 2.19 bits per heavy atom. The normalized spacial score (nSPS) is 10.9. The monoisotopic (exact) mass is 371 g/mol. The van der Waals surface area contributed by atoms with Crippen molar-refractivity contribution < 1.29 is 4.74 Å². The van der Waals surface area contributed by atoms with E-state index in [1.165, 1.54) is 0 Å². The molecule has 0 saturated carbocycles. The van der Waals surface area contributed by atoms with Gasteiger partial charge >= 0.3 is 0 Å². The fraction of sp³-hybridized carbons (Fsp3) is 0.400. The van der Waals surface area contributed by atoms with Crippen LogP contribution in [0.1, 0.15) is 23.9 Å². The molecule has 0 bridgehead atoms. The maximum absolute atomic E-state index is 6.25. The van der Waals surface area contributed by atoms with Gasteiger partial charge < -0.3 is 10.5 Å². The Bertz CT molecular complexity index is 628. The van der Waals surface area contributed by atoms with Crippen LogP contribution in [0.3, 0.4) is 0 Å². The van der Waals surface area contributed by atoms with Gasteiger partial charge in [-0.05, 0) is 60.4 Å². The molecule has 0 aliphatic carbocycles. The van der Waals surface area contributed by atoms with Crippen molar-refractivity contribution in [3.63, 3.8) is 0 Å². The summed E-state index contributed by atoms with van der Waals surface area (Å²) in [6.45, 7) is 5.85. The van der Waals surface area contributed by atoms with Crippen LogP contribution in [-0.4, -0.2) is 16.3 Å². The van der Waals surface area contributed by atoms with Crippen molar-refractivity contribution in [2.75, 3.05) is 6.54 Å². The molecule has 0 unspecified atom stereocenters. The fourth-order valence-corrected chi connectivity index (χ4v) is 2.79. The summed E-state index contributed by atoms with van der Waals surface area (Å²) in [4.78, 5) is 0. The quantitative estimate of drug-likeness (QED) is 0.841. The predicted octanol–water partition coefficient (Wildman–Crippen LogP) is 3.71. The molecule has 2 aromatic rings. The topological polar surface area (TPSA) is 53.1 Å². The summed E-state index contributed by atoms with van der Waals surface area (Å²) in [7, 11) is 0. The van der Waals surface area contributed by atoms with Gasteiger partial charge in [-0.25, -0.2) is 0 Å². The van der Waals surface area contributed by atoms with E-state index >= 15 is 0 Å². The molecule has 0 aliphatic rings. The zero-order chi connectivity index (χ0) is 15.4. The average Bonchev–Trinajstić information content (AvgIpc) is 2.74. The Kier molecular flexibility index (Phi) is 5.67. The predicted molar refractivity (Wildman–Crippen MR) is 88.9 cm³/mol. The van der Waals surface area contributed by atoms with E-state index in [-0.39, 0.29) is 0 Å². The van der Waals surface area contributed by atoms with Gasteiger partial charge in [-0.15, -0.1) is 0 Å². The van der Waals surface area contributed by atoms with Crippen LogP contribution in [0.25, 0.3) is 0 Å². The zero-order valence-electron chi connectivity index (χ0n) is 12.2. The lowest BCUT2D eigenvalue weighted by molar-refractivity contribution is 0.292. The van der Waals surface area contributed by atoms with Gasteiger partial charge in [0.1, 0.15) is 12.4 Å². The van der Waals surface area contributed by atoms with Crippen LogP contribution in [-0.2, 0) is 19.6 Å². The van der Waals surface area contributed by atoms with Gasteiger partial charge in [0.25, 0.3) is 0 Å². The summed E-state index contributed by atoms with van der Waals surface area (Å²) in [5.74, 6) is 0.672. The van der Waals surface area contributed by atoms with Crippen molar-refractivity contribution in [1.82, 2.24) is 9.78 Å². The maximum Gasteiger partial charge on any atom is 0.138 e. The standard InChI is InChI=1S/C15H19BrClN3O/c1-3-20-13(15(16)10(2)19-20)9-21-14-5-4-11(6-7-18)8-12(14)17/h4-5,8H,3,6-7,9,18H2,1-2H3. The summed E-state index contributed by atoms with van der Waals surface area (Å²) in [6, 6.07) is 5.79. The van der Waals surface area contributed by atoms with Crippen molar-refractivity contribution in [3.05, 3.63) is 44.6 Å². The van der Waals surface area contributed by atoms with E-state index in [1.54, 1.807) is 0 Å². The molecule has 4 nitrogen and oxygen atoms in total. The molecular weight excluding hydrogens is 354 g/mol. The van der Waals surface area contributed by atoms with Gasteiger partial charge in [0, 0.05) is 6.54 Å². The summed E-state index contributed by atoms with van der Waals surface area (Å²) in [5, 5.41) is 5.05. The zero-order valence-corrected chi connectivity index (χ0v) is 14.5. The number of nitrogens with zero attached hydrogens (tertiary/aromatic N) is 2. The number of aryl methyl sites for hydroxylation is 2. The highest BCUT2D eigenvalue weighted by atomic mass is 79.9. The second kappa shape index (κ2) is 7.29. The van der Waals surface area contributed by atoms with Crippen LogP contribution in [0, 0.1) is 6.92 Å². The summed E-state index contributed by atoms with van der Waals surface area (Å²) in [5.41, 5.74) is 8.63. The van der Waals surface area contributed by atoms with E-state index in [1.807, 2.05) is 29.8 Å². The fourth-order valence-electron chi connectivity index (χ4n) is 2.14. The van der Waals surface area contributed by atoms with Crippen molar-refractivity contribution in [1.29, 1.82) is 0 Å². The minimum Gasteiger partial charge on any atom is -0.486 e. The third-order valence-electron chi connectivity index (χ3n) is 3.25. The maximum atomic E-state index is 6.25. The van der Waals surface area contributed by atoms with Crippen molar-refractivity contribution >= 4 is 27.5 Å². The number of halogens is 2. The van der Waals surface area contributed by atoms with Gasteiger partial charge in [-0.1, -0.05) is 17.7 Å². The third kappa shape index (κ3) is 3.78. The van der Waals surface area contributed by atoms with Crippen LogP contribution in [0.5, 0.6) is 5.75 Å². The molecule has 0 atom stereocenters. The summed E-state index contributed by atoms with van der Waals surface area (Å²) in [6.07, 6.45) is 0.813. The Hall–Kier alpha value is -1.04. The molecule has 114 valence electrons. The first-order valence-electron chi connectivity index (χ1n) is 6.89. The third-order valence-corrected chi connectivity index (χ3v) is 4.57. The molecule has 0 fully saturated rings. The highest BCUT2D eigenvalue weighted by Gasteiger charge is 2.13. The van der Waals surface area contributed by atoms with Gasteiger partial charge in [0.15, 0.2) is 0 Å². The lowest BCUT2D eigenvalue weighted by atomic mass is 10.1. The highest BCUT2D eigenvalue weighted by Crippen LogP contribution is 2.28. The largest absolute Gasteiger partial charge is 0.486 e. The van der Waals surface area contributed by atoms with Crippen molar-refractivity contribution in [2.24, 2.45) is 5.73 Å². The molecule has 21 heavy (non-hydrogen) atoms. The molecule has 0 aliphatic heterocycles. The van der Waals surface area contributed by atoms with Gasteiger partial charge in [0.2, 0.25) is 0 Å². The molecule has 2 rings (SSSR count). The number of hydrogen-bond donors (Lipinski definition) is 1. The van der Waals surface area contributed by atoms with Crippen molar-refractivity contribution in [3.8, 4) is 5.75 Å². The number of rotatable bonds is 6. The first kappa shape index (κ1) is 16.3. The number of ether oxygens (including phenoxy) is 1. The Labute approximate surface area is 138 Å². The van der Waals surface area contributed by atoms with Gasteiger partial charge in [-0.3, -0.25) is 4.68 Å². The average molecular weight is 373 g/mol. The Morgan fingerprint density at radius 1 is 1.43 bits per heavy atom. The van der Waals surface area contributed by atoms with Gasteiger partial charge in [0.05, 0.1) is 20.9 Å². The van der Waals surface area contributed by atoms with E-state index < -0.39 is 0 Å². The second-order valence-corrected chi connectivity index (χ2v) is 5.95. The SMILES string of the molecule is CCn1nc(C)c(Br)c1COc1ccc(CCN)cc1Cl. The molecule has 0 amide bonds. The smallest absolute Gasteiger partial charge is 0.138 e. The number of benzene rings is 1. The van der Waals surface area contributed by atoms with Crippen LogP contribution in [0.4, 0.5) is 0 Å². The lowest BCUT2D eigenvalue weighted by Crippen LogP contribution is -2.07. The van der Waals surface area contributed by atoms with Crippen LogP contribution >= 0.6 is 27.5 Å². The second-order valence-electron chi connectivity index (χ2n) is 4.75. The molecule has 0 spiro atoms. The minimum absolute atomic E-state index is 0.422. The molecule has 0 radical (unpaired) electrons. The minimum atomic E-state index is 0.422.